The maximum absolute atomic E-state index is 13.2. The minimum atomic E-state index is -0.263. The summed E-state index contributed by atoms with van der Waals surface area (Å²) in [7, 11) is 0. The summed E-state index contributed by atoms with van der Waals surface area (Å²) in [5.41, 5.74) is 0.881. The van der Waals surface area contributed by atoms with Crippen molar-refractivity contribution in [3.8, 4) is 0 Å². The van der Waals surface area contributed by atoms with Crippen LogP contribution >= 0.6 is 11.8 Å². The Morgan fingerprint density at radius 2 is 1.89 bits per heavy atom. The lowest BCUT2D eigenvalue weighted by Crippen LogP contribution is -2.48. The number of aromatic nitrogens is 3. The number of ether oxygens (including phenoxy) is 1. The van der Waals surface area contributed by atoms with Crippen LogP contribution in [-0.4, -0.2) is 63.2 Å². The summed E-state index contributed by atoms with van der Waals surface area (Å²) in [4.78, 5) is 16.4. The molecule has 0 N–H and O–H groups in total. The van der Waals surface area contributed by atoms with Gasteiger partial charge in [0.05, 0.1) is 18.0 Å². The summed E-state index contributed by atoms with van der Waals surface area (Å²) in [5.74, 6) is 0.882. The second-order valence-electron chi connectivity index (χ2n) is 6.91. The van der Waals surface area contributed by atoms with Gasteiger partial charge in [-0.15, -0.1) is 10.2 Å². The van der Waals surface area contributed by atoms with Crippen LogP contribution in [-0.2, 0) is 16.1 Å². The molecule has 1 saturated heterocycles. The number of amides is 1. The van der Waals surface area contributed by atoms with E-state index in [-0.39, 0.29) is 23.9 Å². The third-order valence-corrected chi connectivity index (χ3v) is 5.67. The molecular weight excluding hydrogens is 369 g/mol. The highest BCUT2D eigenvalue weighted by Gasteiger charge is 2.28. The van der Waals surface area contributed by atoms with Crippen molar-refractivity contribution in [2.24, 2.45) is 0 Å². The van der Waals surface area contributed by atoms with E-state index in [9.17, 15) is 9.18 Å². The predicted molar refractivity (Wildman–Crippen MR) is 101 cm³/mol. The number of anilines is 2. The molecule has 2 aliphatic heterocycles. The zero-order chi connectivity index (χ0) is 19.0. The van der Waals surface area contributed by atoms with Crippen molar-refractivity contribution in [2.45, 2.75) is 37.8 Å². The van der Waals surface area contributed by atoms with Crippen LogP contribution in [0.4, 0.5) is 16.0 Å². The van der Waals surface area contributed by atoms with Gasteiger partial charge < -0.3 is 14.5 Å². The first-order chi connectivity index (χ1) is 13.0. The van der Waals surface area contributed by atoms with Crippen molar-refractivity contribution in [1.29, 1.82) is 0 Å². The van der Waals surface area contributed by atoms with Crippen LogP contribution in [0.1, 0.15) is 13.8 Å². The maximum Gasteiger partial charge on any atom is 0.233 e. The van der Waals surface area contributed by atoms with Gasteiger partial charge in [0.2, 0.25) is 11.9 Å². The third kappa shape index (κ3) is 3.79. The van der Waals surface area contributed by atoms with Crippen LogP contribution in [0.2, 0.25) is 0 Å². The molecular formula is C18H22FN5O2S. The highest BCUT2D eigenvalue weighted by atomic mass is 32.2. The molecule has 0 saturated carbocycles. The number of rotatable bonds is 4. The topological polar surface area (TPSA) is 63.5 Å². The molecule has 4 rings (SSSR count). The van der Waals surface area contributed by atoms with Gasteiger partial charge in [-0.1, -0.05) is 11.8 Å². The lowest BCUT2D eigenvalue weighted by molar-refractivity contribution is -0.140. The van der Waals surface area contributed by atoms with Crippen LogP contribution in [0.3, 0.4) is 0 Å². The fourth-order valence-electron chi connectivity index (χ4n) is 3.55. The van der Waals surface area contributed by atoms with Crippen LogP contribution in [0.25, 0.3) is 0 Å². The zero-order valence-corrected chi connectivity index (χ0v) is 16.2. The highest BCUT2D eigenvalue weighted by molar-refractivity contribution is 7.99. The summed E-state index contributed by atoms with van der Waals surface area (Å²) in [5, 5.41) is 9.25. The van der Waals surface area contributed by atoms with Crippen molar-refractivity contribution in [1.82, 2.24) is 19.7 Å². The Morgan fingerprint density at radius 1 is 1.19 bits per heavy atom. The minimum Gasteiger partial charge on any atom is -0.372 e. The molecule has 0 bridgehead atoms. The number of carbonyl (C=O) groups is 1. The fourth-order valence-corrected chi connectivity index (χ4v) is 4.41. The predicted octanol–water partition coefficient (Wildman–Crippen LogP) is 2.30. The smallest absolute Gasteiger partial charge is 0.233 e. The first-order valence-corrected chi connectivity index (χ1v) is 10.0. The number of hydrogen-bond donors (Lipinski definition) is 0. The molecule has 1 aromatic carbocycles. The molecule has 2 aromatic rings. The van der Waals surface area contributed by atoms with Crippen molar-refractivity contribution < 1.29 is 13.9 Å². The molecule has 0 radical (unpaired) electrons. The van der Waals surface area contributed by atoms with Gasteiger partial charge in [-0.2, -0.15) is 0 Å². The summed E-state index contributed by atoms with van der Waals surface area (Å²) in [6.45, 7) is 6.70. The molecule has 9 heteroatoms. The van der Waals surface area contributed by atoms with E-state index < -0.39 is 0 Å². The molecule has 144 valence electrons. The number of hydrogen-bond acceptors (Lipinski definition) is 6. The van der Waals surface area contributed by atoms with Crippen LogP contribution in [0, 0.1) is 5.82 Å². The van der Waals surface area contributed by atoms with E-state index in [0.717, 1.165) is 29.9 Å². The van der Waals surface area contributed by atoms with Crippen molar-refractivity contribution in [2.75, 3.05) is 30.3 Å². The number of morpholine rings is 1. The van der Waals surface area contributed by atoms with E-state index >= 15 is 0 Å². The summed E-state index contributed by atoms with van der Waals surface area (Å²) in [6, 6.07) is 6.34. The van der Waals surface area contributed by atoms with Crippen LogP contribution in [0.5, 0.6) is 0 Å². The van der Waals surface area contributed by atoms with E-state index in [4.69, 9.17) is 4.74 Å². The Bertz CT molecular complexity index is 818. The number of halogens is 1. The Morgan fingerprint density at radius 3 is 2.59 bits per heavy atom. The van der Waals surface area contributed by atoms with E-state index in [1.165, 1.54) is 23.9 Å². The van der Waals surface area contributed by atoms with Gasteiger partial charge in [-0.3, -0.25) is 9.36 Å². The molecule has 0 spiro atoms. The molecule has 1 fully saturated rings. The molecule has 1 aromatic heterocycles. The first kappa shape index (κ1) is 18.2. The fraction of sp³-hybridized carbons (Fsp3) is 0.500. The summed E-state index contributed by atoms with van der Waals surface area (Å²) in [6.07, 6.45) is 0.119. The molecule has 2 aliphatic rings. The van der Waals surface area contributed by atoms with Gasteiger partial charge in [0.1, 0.15) is 5.82 Å². The average Bonchev–Trinajstić information content (AvgIpc) is 3.22. The van der Waals surface area contributed by atoms with Gasteiger partial charge in [-0.05, 0) is 38.1 Å². The Labute approximate surface area is 161 Å². The first-order valence-electron chi connectivity index (χ1n) is 9.03. The molecule has 2 atom stereocenters. The van der Waals surface area contributed by atoms with Gasteiger partial charge in [0, 0.05) is 31.9 Å². The van der Waals surface area contributed by atoms with E-state index in [0.29, 0.717) is 18.8 Å². The van der Waals surface area contributed by atoms with E-state index in [1.807, 2.05) is 28.2 Å². The Balaban J connectivity index is 1.41. The van der Waals surface area contributed by atoms with Crippen molar-refractivity contribution in [3.63, 3.8) is 0 Å². The molecule has 3 heterocycles. The molecule has 1 amide bonds. The number of thioether (sulfide) groups is 1. The van der Waals surface area contributed by atoms with Gasteiger partial charge in [0.15, 0.2) is 5.16 Å². The molecule has 7 nitrogen and oxygen atoms in total. The largest absolute Gasteiger partial charge is 0.372 e. The third-order valence-electron chi connectivity index (χ3n) is 4.72. The number of carbonyl (C=O) groups excluding carboxylic acids is 1. The highest BCUT2D eigenvalue weighted by Crippen LogP contribution is 2.32. The van der Waals surface area contributed by atoms with E-state index in [2.05, 4.69) is 10.2 Å². The Kier molecular flexibility index (Phi) is 5.05. The van der Waals surface area contributed by atoms with Crippen molar-refractivity contribution in [3.05, 3.63) is 30.1 Å². The molecule has 0 aliphatic carbocycles. The number of fused-ring (bicyclic) bond motifs is 1. The van der Waals surface area contributed by atoms with Gasteiger partial charge in [0.25, 0.3) is 0 Å². The van der Waals surface area contributed by atoms with Crippen LogP contribution < -0.4 is 4.90 Å². The normalized spacial score (nSPS) is 22.2. The zero-order valence-electron chi connectivity index (χ0n) is 15.3. The lowest BCUT2D eigenvalue weighted by Gasteiger charge is -2.35. The lowest BCUT2D eigenvalue weighted by atomic mass is 10.2. The standard InChI is InChI=1S/C18H22FN5O2S/c1-12-9-22(10-13(2)26-12)16(25)11-27-18-21-20-17-23(7-8-24(17)18)15-5-3-14(19)4-6-15/h3-6,12-13H,7-11H2,1-2H3. The SMILES string of the molecule is CC1CN(C(=O)CSc2nnc3n2CCN3c2ccc(F)cc2)CC(C)O1. The number of benzene rings is 1. The van der Waals surface area contributed by atoms with Crippen molar-refractivity contribution >= 4 is 29.3 Å². The maximum atomic E-state index is 13.2. The average molecular weight is 391 g/mol. The summed E-state index contributed by atoms with van der Waals surface area (Å²) >= 11 is 1.41. The second kappa shape index (κ2) is 7.47. The molecule has 27 heavy (non-hydrogen) atoms. The van der Waals surface area contributed by atoms with Crippen LogP contribution in [0.15, 0.2) is 29.4 Å². The van der Waals surface area contributed by atoms with Gasteiger partial charge in [-0.25, -0.2) is 4.39 Å². The molecule has 2 unspecified atom stereocenters. The second-order valence-corrected chi connectivity index (χ2v) is 7.85. The Hall–Kier alpha value is -2.13. The number of nitrogens with zero attached hydrogens (tertiary/aromatic N) is 5. The quantitative estimate of drug-likeness (QED) is 0.746. The monoisotopic (exact) mass is 391 g/mol. The summed E-state index contributed by atoms with van der Waals surface area (Å²) < 4.78 is 20.8. The minimum absolute atomic E-state index is 0.0595. The van der Waals surface area contributed by atoms with Gasteiger partial charge >= 0.3 is 0 Å². The van der Waals surface area contributed by atoms with E-state index in [1.54, 1.807) is 12.1 Å².